The molecule has 4 aromatic carbocycles. The van der Waals surface area contributed by atoms with E-state index in [1.54, 1.807) is 0 Å². The highest BCUT2D eigenvalue weighted by Crippen LogP contribution is 2.41. The fraction of sp³-hybridized carbons (Fsp3) is 0.490. The molecule has 5 heterocycles. The van der Waals surface area contributed by atoms with E-state index in [9.17, 15) is 14.4 Å². The minimum absolute atomic E-state index is 0.00663. The SMILES string of the molecule is CC[C@H]1C[C@@H](c2nc3c(ccc4cc(-c5ccc6c7c(ccc6c5)N=C([C@@H]5C[C@H](C)CN5C(=O)[C@@H](C)C(C)C)C7)ccc43)[nH]2)N(C(=O)[C@@H](NC(=O)OC)C2CCOCC2)C1. The maximum Gasteiger partial charge on any atom is 0.407 e. The second-order valence-corrected chi connectivity index (χ2v) is 18.3. The number of methoxy groups -OCH3 is 1. The lowest BCUT2D eigenvalue weighted by molar-refractivity contribution is -0.137. The van der Waals surface area contributed by atoms with Gasteiger partial charge in [-0.2, -0.15) is 0 Å². The van der Waals surface area contributed by atoms with E-state index in [2.05, 4.69) is 110 Å². The average molecular weight is 811 g/mol. The molecular formula is C49H58N6O5. The highest BCUT2D eigenvalue weighted by Gasteiger charge is 2.43. The lowest BCUT2D eigenvalue weighted by Crippen LogP contribution is -2.53. The monoisotopic (exact) mass is 810 g/mol. The van der Waals surface area contributed by atoms with Crippen LogP contribution >= 0.6 is 0 Å². The maximum absolute atomic E-state index is 14.4. The average Bonchev–Trinajstić information content (AvgIpc) is 4.09. The van der Waals surface area contributed by atoms with Crippen molar-refractivity contribution < 1.29 is 23.9 Å². The van der Waals surface area contributed by atoms with Gasteiger partial charge in [0, 0.05) is 49.7 Å². The standard InChI is InChI=1S/C49H58N6O5/c1-7-30-21-43(55(26-30)48(57)44(53-49(58)59-6)31-16-18-60-19-17-31)46-51-40-15-11-35-23-33(9-13-37(35)45(40)52-46)32-8-12-36-34(22-32)10-14-39-38(36)24-41(50-39)42-20-28(4)25-54(42)47(56)29(5)27(2)3/h8-15,22-23,27-31,42-44H,7,16-21,24-26H2,1-6H3,(H,51,52)(H,53,58)/t28-,29-,30-,42-,43-,44-/m0/s1. The van der Waals surface area contributed by atoms with E-state index in [1.165, 1.54) is 23.4 Å². The van der Waals surface area contributed by atoms with Crippen molar-refractivity contribution in [2.45, 2.75) is 91.3 Å². The molecule has 3 fully saturated rings. The molecule has 0 unspecified atom stereocenters. The summed E-state index contributed by atoms with van der Waals surface area (Å²) in [7, 11) is 1.33. The zero-order valence-electron chi connectivity index (χ0n) is 35.8. The molecule has 314 valence electrons. The first-order valence-electron chi connectivity index (χ1n) is 22.1. The third-order valence-corrected chi connectivity index (χ3v) is 14.1. The molecule has 2 N–H and O–H groups in total. The number of likely N-dealkylation sites (tertiary alicyclic amines) is 2. The molecule has 1 aromatic heterocycles. The summed E-state index contributed by atoms with van der Waals surface area (Å²) in [5.41, 5.74) is 7.47. The minimum atomic E-state index is -0.688. The number of aromatic amines is 1. The maximum atomic E-state index is 14.4. The zero-order chi connectivity index (χ0) is 41.8. The summed E-state index contributed by atoms with van der Waals surface area (Å²) < 4.78 is 10.5. The number of rotatable bonds is 9. The van der Waals surface area contributed by atoms with Gasteiger partial charge < -0.3 is 29.6 Å². The van der Waals surface area contributed by atoms with Crippen LogP contribution in [0.1, 0.15) is 84.2 Å². The largest absolute Gasteiger partial charge is 0.453 e. The first-order valence-corrected chi connectivity index (χ1v) is 22.1. The van der Waals surface area contributed by atoms with Crippen molar-refractivity contribution in [3.63, 3.8) is 0 Å². The minimum Gasteiger partial charge on any atom is -0.453 e. The number of nitrogens with zero attached hydrogens (tertiary/aromatic N) is 4. The number of benzene rings is 4. The number of hydrogen-bond acceptors (Lipinski definition) is 7. The van der Waals surface area contributed by atoms with Crippen LogP contribution in [0.5, 0.6) is 0 Å². The van der Waals surface area contributed by atoms with Crippen molar-refractivity contribution in [1.82, 2.24) is 25.1 Å². The molecule has 11 nitrogen and oxygen atoms in total. The number of carbonyl (C=O) groups excluding carboxylic acids is 3. The summed E-state index contributed by atoms with van der Waals surface area (Å²) in [4.78, 5) is 58.4. The Balaban J connectivity index is 0.967. The van der Waals surface area contributed by atoms with E-state index in [4.69, 9.17) is 19.5 Å². The number of amides is 3. The molecule has 4 aliphatic heterocycles. The lowest BCUT2D eigenvalue weighted by atomic mass is 9.90. The van der Waals surface area contributed by atoms with Gasteiger partial charge in [-0.25, -0.2) is 9.78 Å². The quantitative estimate of drug-likeness (QED) is 0.153. The summed E-state index contributed by atoms with van der Waals surface area (Å²) >= 11 is 0. The Labute approximate surface area is 352 Å². The Morgan fingerprint density at radius 2 is 1.58 bits per heavy atom. The topological polar surface area (TPSA) is 129 Å². The molecule has 4 aliphatic rings. The summed E-state index contributed by atoms with van der Waals surface area (Å²) in [6.07, 6.45) is 4.29. The molecule has 0 bridgehead atoms. The summed E-state index contributed by atoms with van der Waals surface area (Å²) in [5, 5.41) is 7.41. The number of ether oxygens (including phenoxy) is 2. The third kappa shape index (κ3) is 7.33. The van der Waals surface area contributed by atoms with Crippen molar-refractivity contribution in [3.05, 3.63) is 72.1 Å². The van der Waals surface area contributed by atoms with Gasteiger partial charge in [0.1, 0.15) is 11.9 Å². The van der Waals surface area contributed by atoms with Crippen LogP contribution in [0.25, 0.3) is 43.7 Å². The smallest absolute Gasteiger partial charge is 0.407 e. The second kappa shape index (κ2) is 16.3. The van der Waals surface area contributed by atoms with Gasteiger partial charge in [0.15, 0.2) is 0 Å². The molecule has 60 heavy (non-hydrogen) atoms. The number of nitrogens with one attached hydrogen (secondary N) is 2. The number of hydrogen-bond donors (Lipinski definition) is 2. The number of fused-ring (bicyclic) bond motifs is 6. The first-order chi connectivity index (χ1) is 29.0. The van der Waals surface area contributed by atoms with Crippen molar-refractivity contribution in [1.29, 1.82) is 0 Å². The third-order valence-electron chi connectivity index (χ3n) is 14.1. The highest BCUT2D eigenvalue weighted by atomic mass is 16.5. The van der Waals surface area contributed by atoms with Gasteiger partial charge in [-0.05, 0) is 106 Å². The van der Waals surface area contributed by atoms with Crippen LogP contribution < -0.4 is 5.32 Å². The van der Waals surface area contributed by atoms with Crippen molar-refractivity contribution >= 4 is 61.9 Å². The zero-order valence-corrected chi connectivity index (χ0v) is 35.8. The Hall–Kier alpha value is -5.29. The van der Waals surface area contributed by atoms with Gasteiger partial charge >= 0.3 is 6.09 Å². The fourth-order valence-electron chi connectivity index (χ4n) is 10.2. The molecule has 5 aromatic rings. The molecule has 3 saturated heterocycles. The van der Waals surface area contributed by atoms with E-state index in [-0.39, 0.29) is 35.7 Å². The van der Waals surface area contributed by atoms with Crippen LogP contribution in [0.15, 0.2) is 65.7 Å². The molecule has 0 spiro atoms. The van der Waals surface area contributed by atoms with E-state index in [0.717, 1.165) is 82.4 Å². The molecule has 11 heteroatoms. The predicted octanol–water partition coefficient (Wildman–Crippen LogP) is 9.14. The van der Waals surface area contributed by atoms with Gasteiger partial charge in [0.2, 0.25) is 11.8 Å². The van der Waals surface area contributed by atoms with Crippen molar-refractivity contribution in [2.75, 3.05) is 33.4 Å². The molecular weight excluding hydrogens is 753 g/mol. The van der Waals surface area contributed by atoms with E-state index in [1.807, 2.05) is 4.90 Å². The number of H-pyrrole nitrogens is 1. The van der Waals surface area contributed by atoms with Gasteiger partial charge in [0.05, 0.1) is 35.9 Å². The van der Waals surface area contributed by atoms with E-state index in [0.29, 0.717) is 50.4 Å². The first kappa shape index (κ1) is 40.1. The Kier molecular flexibility index (Phi) is 10.9. The molecule has 9 rings (SSSR count). The molecule has 6 atom stereocenters. The Morgan fingerprint density at radius 1 is 0.883 bits per heavy atom. The molecule has 0 saturated carbocycles. The van der Waals surface area contributed by atoms with Gasteiger partial charge in [-0.1, -0.05) is 77.4 Å². The molecule has 3 amide bonds. The van der Waals surface area contributed by atoms with Crippen LogP contribution in [-0.2, 0) is 25.5 Å². The van der Waals surface area contributed by atoms with Crippen LogP contribution in [0.2, 0.25) is 0 Å². The van der Waals surface area contributed by atoms with Crippen LogP contribution in [0.4, 0.5) is 10.5 Å². The van der Waals surface area contributed by atoms with Gasteiger partial charge in [0.25, 0.3) is 0 Å². The van der Waals surface area contributed by atoms with Gasteiger partial charge in [-0.15, -0.1) is 0 Å². The highest BCUT2D eigenvalue weighted by molar-refractivity contribution is 6.07. The number of carbonyl (C=O) groups is 3. The predicted molar refractivity (Wildman–Crippen MR) is 236 cm³/mol. The van der Waals surface area contributed by atoms with Gasteiger partial charge in [-0.3, -0.25) is 14.6 Å². The summed E-state index contributed by atoms with van der Waals surface area (Å²) in [5.74, 6) is 1.99. The second-order valence-electron chi connectivity index (χ2n) is 18.3. The van der Waals surface area contributed by atoms with Crippen LogP contribution in [0, 0.1) is 29.6 Å². The number of aromatic nitrogens is 2. The van der Waals surface area contributed by atoms with Crippen LogP contribution in [0.3, 0.4) is 0 Å². The van der Waals surface area contributed by atoms with Crippen LogP contribution in [-0.4, -0.2) is 88.9 Å². The number of alkyl carbamates (subject to hydrolysis) is 1. The van der Waals surface area contributed by atoms with Crippen molar-refractivity contribution in [3.8, 4) is 11.1 Å². The van der Waals surface area contributed by atoms with E-state index >= 15 is 0 Å². The lowest BCUT2D eigenvalue weighted by Gasteiger charge is -2.34. The van der Waals surface area contributed by atoms with Crippen molar-refractivity contribution in [2.24, 2.45) is 34.6 Å². The summed E-state index contributed by atoms with van der Waals surface area (Å²) in [6.45, 7) is 13.3. The molecule has 0 radical (unpaired) electrons. The molecule has 0 aliphatic carbocycles. The Bertz CT molecular complexity index is 2500. The normalized spacial score (nSPS) is 23.1. The fourth-order valence-corrected chi connectivity index (χ4v) is 10.2. The number of aliphatic imine (C=N–C) groups is 1. The number of imidazole rings is 1. The Morgan fingerprint density at radius 3 is 2.30 bits per heavy atom. The van der Waals surface area contributed by atoms with E-state index < -0.39 is 12.1 Å². The summed E-state index contributed by atoms with van der Waals surface area (Å²) in [6, 6.07) is 21.0.